The fourth-order valence-electron chi connectivity index (χ4n) is 5.17. The van der Waals surface area contributed by atoms with Gasteiger partial charge in [0.15, 0.2) is 0 Å². The molecule has 4 heteroatoms. The second-order valence-corrected chi connectivity index (χ2v) is 7.57. The van der Waals surface area contributed by atoms with Crippen LogP contribution in [0.2, 0.25) is 0 Å². The molecule has 2 heterocycles. The molecule has 4 nitrogen and oxygen atoms in total. The van der Waals surface area contributed by atoms with E-state index in [9.17, 15) is 0 Å². The van der Waals surface area contributed by atoms with Crippen molar-refractivity contribution in [1.82, 2.24) is 9.80 Å². The smallest absolute Gasteiger partial charge is 0.0589 e. The Morgan fingerprint density at radius 1 is 1.19 bits per heavy atom. The third kappa shape index (κ3) is 3.00. The lowest BCUT2D eigenvalue weighted by Crippen LogP contribution is -2.63. The number of nitrogens with zero attached hydrogens (tertiary/aromatic N) is 2. The van der Waals surface area contributed by atoms with Crippen LogP contribution in [0, 0.1) is 5.92 Å². The number of fused-ring (bicyclic) bond motifs is 1. The van der Waals surface area contributed by atoms with E-state index in [2.05, 4.69) is 16.8 Å². The molecule has 0 amide bonds. The van der Waals surface area contributed by atoms with Gasteiger partial charge in [-0.1, -0.05) is 0 Å². The molecule has 0 aromatic heterocycles. The van der Waals surface area contributed by atoms with E-state index in [1.165, 1.54) is 58.2 Å². The van der Waals surface area contributed by atoms with Gasteiger partial charge in [0.1, 0.15) is 0 Å². The summed E-state index contributed by atoms with van der Waals surface area (Å²) in [6, 6.07) is 0.812. The van der Waals surface area contributed by atoms with Crippen LogP contribution in [0.1, 0.15) is 44.9 Å². The monoisotopic (exact) mass is 295 g/mol. The molecule has 2 N–H and O–H groups in total. The van der Waals surface area contributed by atoms with Gasteiger partial charge < -0.3 is 15.4 Å². The van der Waals surface area contributed by atoms with Crippen molar-refractivity contribution in [2.45, 2.75) is 62.6 Å². The summed E-state index contributed by atoms with van der Waals surface area (Å²) < 4.78 is 5.67. The van der Waals surface area contributed by atoms with Crippen molar-refractivity contribution in [3.05, 3.63) is 0 Å². The summed E-state index contributed by atoms with van der Waals surface area (Å²) in [5.74, 6) is 0.851. The fourth-order valence-corrected chi connectivity index (χ4v) is 5.17. The molecule has 1 aliphatic carbocycles. The molecule has 0 bridgehead atoms. The van der Waals surface area contributed by atoms with Crippen LogP contribution >= 0.6 is 0 Å². The van der Waals surface area contributed by atoms with E-state index in [4.69, 9.17) is 10.5 Å². The third-order valence-electron chi connectivity index (χ3n) is 6.51. The lowest BCUT2D eigenvalue weighted by atomic mass is 9.75. The Morgan fingerprint density at radius 2 is 2.05 bits per heavy atom. The van der Waals surface area contributed by atoms with Crippen molar-refractivity contribution in [3.63, 3.8) is 0 Å². The van der Waals surface area contributed by atoms with Gasteiger partial charge in [0.25, 0.3) is 0 Å². The molecule has 4 unspecified atom stereocenters. The van der Waals surface area contributed by atoms with E-state index in [-0.39, 0.29) is 5.54 Å². The van der Waals surface area contributed by atoms with Crippen molar-refractivity contribution in [1.29, 1.82) is 0 Å². The molecule has 0 radical (unpaired) electrons. The number of piperidine rings is 2. The highest BCUT2D eigenvalue weighted by atomic mass is 16.5. The SMILES string of the molecule is COC1CCCC(CN)(N2CCC3C(CCCN3C)C2)C1. The molecule has 122 valence electrons. The van der Waals surface area contributed by atoms with Crippen molar-refractivity contribution < 1.29 is 4.74 Å². The lowest BCUT2D eigenvalue weighted by molar-refractivity contribution is -0.0599. The standard InChI is InChI=1S/C17H33N3O/c1-19-9-4-5-14-12-20(10-7-16(14)19)17(13-18)8-3-6-15(11-17)21-2/h14-16H,3-13,18H2,1-2H3. The first-order valence-electron chi connectivity index (χ1n) is 8.87. The minimum atomic E-state index is 0.208. The van der Waals surface area contributed by atoms with Gasteiger partial charge in [0, 0.05) is 38.3 Å². The molecule has 3 rings (SSSR count). The Hall–Kier alpha value is -0.160. The first-order valence-corrected chi connectivity index (χ1v) is 8.87. The summed E-state index contributed by atoms with van der Waals surface area (Å²) in [6.07, 6.45) is 9.36. The molecule has 1 saturated carbocycles. The predicted octanol–water partition coefficient (Wildman–Crippen LogP) is 1.69. The normalized spacial score (nSPS) is 42.7. The highest BCUT2D eigenvalue weighted by Gasteiger charge is 2.44. The van der Waals surface area contributed by atoms with Gasteiger partial charge in [-0.2, -0.15) is 0 Å². The second kappa shape index (κ2) is 6.53. The number of hydrogen-bond donors (Lipinski definition) is 1. The molecule has 0 aromatic rings. The zero-order valence-corrected chi connectivity index (χ0v) is 13.9. The lowest BCUT2D eigenvalue weighted by Gasteiger charge is -2.54. The van der Waals surface area contributed by atoms with Gasteiger partial charge in [0.05, 0.1) is 6.10 Å². The molecular formula is C17H33N3O. The molecule has 21 heavy (non-hydrogen) atoms. The van der Waals surface area contributed by atoms with Gasteiger partial charge in [-0.05, 0) is 64.5 Å². The molecule has 3 fully saturated rings. The highest BCUT2D eigenvalue weighted by Crippen LogP contribution is 2.39. The largest absolute Gasteiger partial charge is 0.381 e. The minimum Gasteiger partial charge on any atom is -0.381 e. The van der Waals surface area contributed by atoms with Crippen molar-refractivity contribution in [2.75, 3.05) is 40.3 Å². The van der Waals surface area contributed by atoms with E-state index >= 15 is 0 Å². The van der Waals surface area contributed by atoms with Gasteiger partial charge >= 0.3 is 0 Å². The maximum Gasteiger partial charge on any atom is 0.0589 e. The van der Waals surface area contributed by atoms with Crippen LogP contribution in [-0.2, 0) is 4.74 Å². The summed E-state index contributed by atoms with van der Waals surface area (Å²) in [7, 11) is 4.17. The Kier molecular flexibility index (Phi) is 4.89. The highest BCUT2D eigenvalue weighted by molar-refractivity contribution is 5.01. The van der Waals surface area contributed by atoms with Crippen molar-refractivity contribution >= 4 is 0 Å². The summed E-state index contributed by atoms with van der Waals surface area (Å²) in [5.41, 5.74) is 6.48. The van der Waals surface area contributed by atoms with Crippen LogP contribution in [0.3, 0.4) is 0 Å². The molecule has 2 saturated heterocycles. The van der Waals surface area contributed by atoms with Crippen LogP contribution in [-0.4, -0.2) is 67.8 Å². The molecule has 0 aromatic carbocycles. The van der Waals surface area contributed by atoms with E-state index in [0.717, 1.165) is 24.9 Å². The number of likely N-dealkylation sites (tertiary alicyclic amines) is 2. The number of rotatable bonds is 3. The third-order valence-corrected chi connectivity index (χ3v) is 6.51. The second-order valence-electron chi connectivity index (χ2n) is 7.57. The Bertz CT molecular complexity index is 351. The summed E-state index contributed by atoms with van der Waals surface area (Å²) in [6.45, 7) is 4.55. The van der Waals surface area contributed by atoms with E-state index in [1.54, 1.807) is 0 Å². The molecule has 3 aliphatic rings. The van der Waals surface area contributed by atoms with E-state index in [1.807, 2.05) is 7.11 Å². The molecule has 0 spiro atoms. The van der Waals surface area contributed by atoms with E-state index < -0.39 is 0 Å². The zero-order chi connectivity index (χ0) is 14.9. The van der Waals surface area contributed by atoms with Crippen molar-refractivity contribution in [3.8, 4) is 0 Å². The number of nitrogens with two attached hydrogens (primary N) is 1. The van der Waals surface area contributed by atoms with Gasteiger partial charge in [-0.15, -0.1) is 0 Å². The Labute approximate surface area is 130 Å². The number of ether oxygens (including phenoxy) is 1. The topological polar surface area (TPSA) is 41.7 Å². The van der Waals surface area contributed by atoms with Crippen molar-refractivity contribution in [2.24, 2.45) is 11.7 Å². The fraction of sp³-hybridized carbons (Fsp3) is 1.00. The zero-order valence-electron chi connectivity index (χ0n) is 13.9. The first-order chi connectivity index (χ1) is 10.2. The van der Waals surface area contributed by atoms with Gasteiger partial charge in [-0.25, -0.2) is 0 Å². The maximum absolute atomic E-state index is 6.27. The van der Waals surface area contributed by atoms with E-state index in [0.29, 0.717) is 6.10 Å². The minimum absolute atomic E-state index is 0.208. The number of hydrogen-bond acceptors (Lipinski definition) is 4. The Morgan fingerprint density at radius 3 is 2.81 bits per heavy atom. The van der Waals surface area contributed by atoms with Crippen LogP contribution < -0.4 is 5.73 Å². The maximum atomic E-state index is 6.27. The summed E-state index contributed by atoms with van der Waals surface area (Å²) in [5, 5.41) is 0. The Balaban J connectivity index is 1.70. The quantitative estimate of drug-likeness (QED) is 0.860. The van der Waals surface area contributed by atoms with Gasteiger partial charge in [-0.3, -0.25) is 4.90 Å². The van der Waals surface area contributed by atoms with Crippen LogP contribution in [0.25, 0.3) is 0 Å². The summed E-state index contributed by atoms with van der Waals surface area (Å²) in [4.78, 5) is 5.35. The number of methoxy groups -OCH3 is 1. The van der Waals surface area contributed by atoms with Crippen LogP contribution in [0.5, 0.6) is 0 Å². The van der Waals surface area contributed by atoms with Gasteiger partial charge in [0.2, 0.25) is 0 Å². The molecule has 2 aliphatic heterocycles. The molecular weight excluding hydrogens is 262 g/mol. The average molecular weight is 295 g/mol. The molecule has 4 atom stereocenters. The predicted molar refractivity (Wildman–Crippen MR) is 86.4 cm³/mol. The first kappa shape index (κ1) is 15.7. The van der Waals surface area contributed by atoms with Crippen LogP contribution in [0.15, 0.2) is 0 Å². The average Bonchev–Trinajstić information content (AvgIpc) is 2.54. The summed E-state index contributed by atoms with van der Waals surface area (Å²) >= 11 is 0. The van der Waals surface area contributed by atoms with Crippen LogP contribution in [0.4, 0.5) is 0 Å².